The van der Waals surface area contributed by atoms with Crippen LogP contribution in [0.3, 0.4) is 0 Å². The Hall–Kier alpha value is -3.19. The summed E-state index contributed by atoms with van der Waals surface area (Å²) in [6.07, 6.45) is -0.680. The zero-order chi connectivity index (χ0) is 23.3. The predicted molar refractivity (Wildman–Crippen MR) is 121 cm³/mol. The van der Waals surface area contributed by atoms with Crippen molar-refractivity contribution >= 4 is 17.6 Å². The number of amides is 2. The van der Waals surface area contributed by atoms with E-state index in [-0.39, 0.29) is 29.8 Å². The first kappa shape index (κ1) is 23.5. The van der Waals surface area contributed by atoms with Gasteiger partial charge in [0.05, 0.1) is 12.2 Å². The number of ether oxygens (including phenoxy) is 2. The van der Waals surface area contributed by atoms with Crippen molar-refractivity contribution in [3.63, 3.8) is 0 Å². The van der Waals surface area contributed by atoms with Gasteiger partial charge in [-0.05, 0) is 57.5 Å². The molecule has 0 aromatic heterocycles. The van der Waals surface area contributed by atoms with Crippen molar-refractivity contribution in [3.05, 3.63) is 65.2 Å². The molecule has 7 nitrogen and oxygen atoms in total. The summed E-state index contributed by atoms with van der Waals surface area (Å²) < 4.78 is 11.4. The maximum Gasteiger partial charge on any atom is 0.261 e. The molecule has 1 N–H and O–H groups in total. The first-order valence-corrected chi connectivity index (χ1v) is 10.8. The second kappa shape index (κ2) is 10.4. The van der Waals surface area contributed by atoms with E-state index in [1.54, 1.807) is 43.3 Å². The minimum atomic E-state index is -0.719. The molecule has 0 bridgehead atoms. The van der Waals surface area contributed by atoms with Gasteiger partial charge in [-0.2, -0.15) is 0 Å². The van der Waals surface area contributed by atoms with Crippen molar-refractivity contribution in [1.82, 2.24) is 10.2 Å². The van der Waals surface area contributed by atoms with Gasteiger partial charge < -0.3 is 19.7 Å². The largest absolute Gasteiger partial charge is 0.481 e. The van der Waals surface area contributed by atoms with Crippen molar-refractivity contribution in [3.8, 4) is 5.75 Å². The van der Waals surface area contributed by atoms with Crippen LogP contribution in [0.1, 0.15) is 54.0 Å². The zero-order valence-corrected chi connectivity index (χ0v) is 19.0. The maximum absolute atomic E-state index is 12.8. The van der Waals surface area contributed by atoms with E-state index in [1.807, 2.05) is 30.9 Å². The van der Waals surface area contributed by atoms with Crippen molar-refractivity contribution in [1.29, 1.82) is 0 Å². The Bertz CT molecular complexity index is 963. The Labute approximate surface area is 188 Å². The van der Waals surface area contributed by atoms with Crippen LogP contribution in [0.5, 0.6) is 5.75 Å². The van der Waals surface area contributed by atoms with Crippen LogP contribution >= 0.6 is 0 Å². The van der Waals surface area contributed by atoms with E-state index < -0.39 is 6.10 Å². The summed E-state index contributed by atoms with van der Waals surface area (Å²) in [5, 5.41) is 2.84. The predicted octanol–water partition coefficient (Wildman–Crippen LogP) is 3.22. The van der Waals surface area contributed by atoms with Gasteiger partial charge in [-0.1, -0.05) is 24.3 Å². The van der Waals surface area contributed by atoms with Gasteiger partial charge in [0, 0.05) is 30.8 Å². The molecule has 0 saturated carbocycles. The number of morpholine rings is 1. The molecule has 1 aliphatic rings. The SMILES string of the molecule is CC(=O)c1cccc(OC(C)C(=O)NCc2ccc(C(=O)N3CC(C)OC(C)C3)cc2)c1. The number of rotatable bonds is 7. The smallest absolute Gasteiger partial charge is 0.261 e. The summed E-state index contributed by atoms with van der Waals surface area (Å²) in [4.78, 5) is 38.5. The van der Waals surface area contributed by atoms with Crippen LogP contribution in [0.4, 0.5) is 0 Å². The summed E-state index contributed by atoms with van der Waals surface area (Å²) >= 11 is 0. The van der Waals surface area contributed by atoms with Gasteiger partial charge >= 0.3 is 0 Å². The highest BCUT2D eigenvalue weighted by Crippen LogP contribution is 2.17. The average molecular weight is 439 g/mol. The number of carbonyl (C=O) groups is 3. The van der Waals surface area contributed by atoms with Gasteiger partial charge in [0.25, 0.3) is 11.8 Å². The lowest BCUT2D eigenvalue weighted by Crippen LogP contribution is -2.48. The van der Waals surface area contributed by atoms with Crippen molar-refractivity contribution in [2.24, 2.45) is 0 Å². The number of hydrogen-bond acceptors (Lipinski definition) is 5. The van der Waals surface area contributed by atoms with E-state index in [1.165, 1.54) is 6.92 Å². The Balaban J connectivity index is 1.52. The molecule has 2 aromatic carbocycles. The van der Waals surface area contributed by atoms with Crippen LogP contribution in [0.2, 0.25) is 0 Å². The fourth-order valence-electron chi connectivity index (χ4n) is 3.67. The standard InChI is InChI=1S/C25H30N2O5/c1-16-14-27(15-17(2)31-16)25(30)21-10-8-20(9-11-21)13-26-24(29)19(4)32-23-7-5-6-22(12-23)18(3)28/h5-12,16-17,19H,13-15H2,1-4H3,(H,26,29). The first-order valence-electron chi connectivity index (χ1n) is 10.8. The fraction of sp³-hybridized carbons (Fsp3) is 0.400. The molecule has 32 heavy (non-hydrogen) atoms. The van der Waals surface area contributed by atoms with E-state index in [0.717, 1.165) is 5.56 Å². The van der Waals surface area contributed by atoms with Crippen molar-refractivity contribution < 1.29 is 23.9 Å². The van der Waals surface area contributed by atoms with Crippen LogP contribution in [-0.2, 0) is 16.1 Å². The first-order chi connectivity index (χ1) is 15.2. The highest BCUT2D eigenvalue weighted by molar-refractivity contribution is 5.95. The van der Waals surface area contributed by atoms with Gasteiger partial charge in [0.2, 0.25) is 0 Å². The minimum Gasteiger partial charge on any atom is -0.481 e. The molecule has 2 amide bonds. The molecule has 0 aliphatic carbocycles. The summed E-state index contributed by atoms with van der Waals surface area (Å²) in [5.74, 6) is 0.120. The van der Waals surface area contributed by atoms with Crippen LogP contribution in [0.25, 0.3) is 0 Å². The average Bonchev–Trinajstić information content (AvgIpc) is 2.76. The third kappa shape index (κ3) is 6.17. The molecule has 1 fully saturated rings. The Morgan fingerprint density at radius 3 is 2.34 bits per heavy atom. The molecule has 2 aromatic rings. The summed E-state index contributed by atoms with van der Waals surface area (Å²) in [7, 11) is 0. The van der Waals surface area contributed by atoms with Crippen LogP contribution in [0, 0.1) is 0 Å². The minimum absolute atomic E-state index is 0.0163. The molecule has 3 unspecified atom stereocenters. The molecule has 1 aliphatic heterocycles. The van der Waals surface area contributed by atoms with E-state index >= 15 is 0 Å². The topological polar surface area (TPSA) is 84.9 Å². The van der Waals surface area contributed by atoms with Crippen LogP contribution in [-0.4, -0.2) is 53.9 Å². The number of hydrogen-bond donors (Lipinski definition) is 1. The number of nitrogens with zero attached hydrogens (tertiary/aromatic N) is 1. The van der Waals surface area contributed by atoms with Gasteiger partial charge in [0.15, 0.2) is 11.9 Å². The molecule has 0 radical (unpaired) electrons. The lowest BCUT2D eigenvalue weighted by molar-refractivity contribution is -0.127. The molecule has 3 rings (SSSR count). The molecule has 1 heterocycles. The molecular weight excluding hydrogens is 408 g/mol. The monoisotopic (exact) mass is 438 g/mol. The third-order valence-electron chi connectivity index (χ3n) is 5.30. The zero-order valence-electron chi connectivity index (χ0n) is 19.0. The molecule has 170 valence electrons. The van der Waals surface area contributed by atoms with Crippen molar-refractivity contribution in [2.75, 3.05) is 13.1 Å². The normalized spacial score (nSPS) is 19.2. The van der Waals surface area contributed by atoms with Crippen LogP contribution < -0.4 is 10.1 Å². The quantitative estimate of drug-likeness (QED) is 0.671. The Kier molecular flexibility index (Phi) is 7.64. The number of Topliss-reactive ketones (excluding diaryl/α,β-unsaturated/α-hetero) is 1. The molecule has 3 atom stereocenters. The second-order valence-corrected chi connectivity index (χ2v) is 8.23. The fourth-order valence-corrected chi connectivity index (χ4v) is 3.67. The van der Waals surface area contributed by atoms with E-state index in [9.17, 15) is 14.4 Å². The molecular formula is C25H30N2O5. The number of nitrogens with one attached hydrogen (secondary N) is 1. The Morgan fingerprint density at radius 1 is 1.06 bits per heavy atom. The lowest BCUT2D eigenvalue weighted by atomic mass is 10.1. The van der Waals surface area contributed by atoms with Gasteiger partial charge in [-0.3, -0.25) is 14.4 Å². The van der Waals surface area contributed by atoms with Crippen LogP contribution in [0.15, 0.2) is 48.5 Å². The third-order valence-corrected chi connectivity index (χ3v) is 5.30. The summed E-state index contributed by atoms with van der Waals surface area (Å²) in [6.45, 7) is 8.54. The van der Waals surface area contributed by atoms with Gasteiger partial charge in [0.1, 0.15) is 5.75 Å². The molecule has 7 heteroatoms. The molecule has 0 spiro atoms. The molecule has 1 saturated heterocycles. The number of carbonyl (C=O) groups excluding carboxylic acids is 3. The summed E-state index contributed by atoms with van der Waals surface area (Å²) in [5.41, 5.74) is 2.03. The number of ketones is 1. The summed E-state index contributed by atoms with van der Waals surface area (Å²) in [6, 6.07) is 14.0. The second-order valence-electron chi connectivity index (χ2n) is 8.23. The Morgan fingerprint density at radius 2 is 1.72 bits per heavy atom. The highest BCUT2D eigenvalue weighted by atomic mass is 16.5. The van der Waals surface area contributed by atoms with E-state index in [0.29, 0.717) is 36.5 Å². The maximum atomic E-state index is 12.8. The highest BCUT2D eigenvalue weighted by Gasteiger charge is 2.26. The van der Waals surface area contributed by atoms with E-state index in [2.05, 4.69) is 5.32 Å². The van der Waals surface area contributed by atoms with E-state index in [4.69, 9.17) is 9.47 Å². The van der Waals surface area contributed by atoms with Crippen molar-refractivity contribution in [2.45, 2.75) is 52.6 Å². The van der Waals surface area contributed by atoms with Gasteiger partial charge in [-0.15, -0.1) is 0 Å². The lowest BCUT2D eigenvalue weighted by Gasteiger charge is -2.35. The number of benzene rings is 2. The van der Waals surface area contributed by atoms with Gasteiger partial charge in [-0.25, -0.2) is 0 Å².